The number of benzene rings is 1. The first kappa shape index (κ1) is 20.6. The minimum atomic E-state index is -4.42. The molecule has 0 aliphatic rings. The highest BCUT2D eigenvalue weighted by Gasteiger charge is 2.30. The minimum absolute atomic E-state index is 0.341. The Bertz CT molecular complexity index is 550. The van der Waals surface area contributed by atoms with E-state index in [9.17, 15) is 18.0 Å². The first-order valence-electron chi connectivity index (χ1n) is 7.82. The highest BCUT2D eigenvalue weighted by Crippen LogP contribution is 2.15. The molecule has 1 aromatic rings. The maximum atomic E-state index is 12.3. The summed E-state index contributed by atoms with van der Waals surface area (Å²) in [6.45, 7) is 1.52. The molecule has 1 rings (SSSR count). The van der Waals surface area contributed by atoms with Crippen molar-refractivity contribution >= 4 is 11.9 Å². The minimum Gasteiger partial charge on any atom is -0.492 e. The van der Waals surface area contributed by atoms with Gasteiger partial charge < -0.3 is 20.3 Å². The quantitative estimate of drug-likeness (QED) is 0.420. The average Bonchev–Trinajstić information content (AvgIpc) is 2.55. The van der Waals surface area contributed by atoms with Gasteiger partial charge in [-0.05, 0) is 19.1 Å². The van der Waals surface area contributed by atoms with Crippen molar-refractivity contribution in [3.05, 3.63) is 30.3 Å². The second-order valence-corrected chi connectivity index (χ2v) is 5.15. The molecule has 0 aliphatic carbocycles. The van der Waals surface area contributed by atoms with Crippen LogP contribution in [0.3, 0.4) is 0 Å². The van der Waals surface area contributed by atoms with Crippen LogP contribution in [0.1, 0.15) is 6.92 Å². The number of alkyl halides is 3. The topological polar surface area (TPSA) is 66.0 Å². The Kier molecular flexibility index (Phi) is 8.59. The molecule has 0 aromatic heterocycles. The van der Waals surface area contributed by atoms with Crippen LogP contribution in [0.15, 0.2) is 35.3 Å². The molecule has 0 bridgehead atoms. The molecular formula is C16H23F3N4O2. The maximum absolute atomic E-state index is 12.3. The molecule has 0 fully saturated rings. The number of para-hydroxylation sites is 1. The Morgan fingerprint density at radius 1 is 1.24 bits per heavy atom. The van der Waals surface area contributed by atoms with Crippen molar-refractivity contribution in [1.82, 2.24) is 15.5 Å². The number of nitrogens with zero attached hydrogens (tertiary/aromatic N) is 2. The van der Waals surface area contributed by atoms with Crippen LogP contribution in [0.4, 0.5) is 13.2 Å². The highest BCUT2D eigenvalue weighted by atomic mass is 19.4. The van der Waals surface area contributed by atoms with E-state index < -0.39 is 18.6 Å². The van der Waals surface area contributed by atoms with Crippen molar-refractivity contribution in [2.45, 2.75) is 13.1 Å². The summed E-state index contributed by atoms with van der Waals surface area (Å²) >= 11 is 0. The molecule has 6 nitrogen and oxygen atoms in total. The van der Waals surface area contributed by atoms with Gasteiger partial charge in [-0.2, -0.15) is 13.2 Å². The summed E-state index contributed by atoms with van der Waals surface area (Å²) in [4.78, 5) is 16.3. The van der Waals surface area contributed by atoms with Gasteiger partial charge in [-0.15, -0.1) is 0 Å². The molecule has 1 aromatic carbocycles. The van der Waals surface area contributed by atoms with Gasteiger partial charge in [0.2, 0.25) is 5.91 Å². The van der Waals surface area contributed by atoms with Gasteiger partial charge in [0, 0.05) is 13.6 Å². The van der Waals surface area contributed by atoms with Gasteiger partial charge in [0.25, 0.3) is 0 Å². The van der Waals surface area contributed by atoms with E-state index in [1.165, 1.54) is 0 Å². The van der Waals surface area contributed by atoms with Crippen LogP contribution in [0.2, 0.25) is 0 Å². The van der Waals surface area contributed by atoms with E-state index in [1.54, 1.807) is 0 Å². The van der Waals surface area contributed by atoms with Gasteiger partial charge in [0.15, 0.2) is 5.96 Å². The number of likely N-dealkylation sites (N-methyl/N-ethyl adjacent to an activating group) is 1. The van der Waals surface area contributed by atoms with Gasteiger partial charge in [-0.3, -0.25) is 4.79 Å². The predicted molar refractivity (Wildman–Crippen MR) is 89.6 cm³/mol. The van der Waals surface area contributed by atoms with Gasteiger partial charge in [0.05, 0.1) is 6.54 Å². The van der Waals surface area contributed by atoms with Crippen LogP contribution >= 0.6 is 0 Å². The number of halogens is 3. The largest absolute Gasteiger partial charge is 0.492 e. The molecular weight excluding hydrogens is 337 g/mol. The monoisotopic (exact) mass is 360 g/mol. The molecule has 0 radical (unpaired) electrons. The Labute approximate surface area is 145 Å². The molecule has 0 heterocycles. The van der Waals surface area contributed by atoms with E-state index in [0.29, 0.717) is 30.6 Å². The summed E-state index contributed by atoms with van der Waals surface area (Å²) in [5.74, 6) is 0.359. The van der Waals surface area contributed by atoms with Gasteiger partial charge in [-0.25, -0.2) is 4.99 Å². The lowest BCUT2D eigenvalue weighted by atomic mass is 10.3. The molecule has 0 saturated carbocycles. The molecule has 0 atom stereocenters. The number of hydrogen-bond donors (Lipinski definition) is 2. The Balaban J connectivity index is 2.41. The summed E-state index contributed by atoms with van der Waals surface area (Å²) in [6.07, 6.45) is -4.42. The van der Waals surface area contributed by atoms with Crippen LogP contribution in [-0.4, -0.2) is 62.8 Å². The van der Waals surface area contributed by atoms with E-state index in [1.807, 2.05) is 37.3 Å². The molecule has 0 saturated heterocycles. The number of amides is 1. The molecule has 25 heavy (non-hydrogen) atoms. The maximum Gasteiger partial charge on any atom is 0.406 e. The van der Waals surface area contributed by atoms with Crippen molar-refractivity contribution in [3.8, 4) is 5.75 Å². The number of carbonyl (C=O) groups is 1. The van der Waals surface area contributed by atoms with Crippen LogP contribution in [0, 0.1) is 0 Å². The molecule has 140 valence electrons. The van der Waals surface area contributed by atoms with Crippen molar-refractivity contribution in [2.24, 2.45) is 4.99 Å². The van der Waals surface area contributed by atoms with Crippen molar-refractivity contribution in [3.63, 3.8) is 0 Å². The summed E-state index contributed by atoms with van der Waals surface area (Å²) in [5, 5.41) is 5.87. The fourth-order valence-corrected chi connectivity index (χ4v) is 1.82. The first-order chi connectivity index (χ1) is 11.8. The Morgan fingerprint density at radius 2 is 1.92 bits per heavy atom. The van der Waals surface area contributed by atoms with Crippen LogP contribution < -0.4 is 15.4 Å². The first-order valence-corrected chi connectivity index (χ1v) is 7.82. The zero-order chi connectivity index (χ0) is 18.7. The number of ether oxygens (including phenoxy) is 1. The molecule has 0 unspecified atom stereocenters. The predicted octanol–water partition coefficient (Wildman–Crippen LogP) is 1.64. The molecule has 9 heteroatoms. The zero-order valence-electron chi connectivity index (χ0n) is 14.3. The fraction of sp³-hybridized carbons (Fsp3) is 0.500. The molecule has 0 spiro atoms. The highest BCUT2D eigenvalue weighted by molar-refractivity contribution is 5.84. The lowest BCUT2D eigenvalue weighted by molar-refractivity contribution is -0.157. The van der Waals surface area contributed by atoms with E-state index in [4.69, 9.17) is 4.74 Å². The van der Waals surface area contributed by atoms with Crippen molar-refractivity contribution in [1.29, 1.82) is 0 Å². The number of rotatable bonds is 8. The third kappa shape index (κ3) is 9.43. The van der Waals surface area contributed by atoms with Crippen LogP contribution in [0.25, 0.3) is 0 Å². The van der Waals surface area contributed by atoms with Gasteiger partial charge >= 0.3 is 6.18 Å². The summed E-state index contributed by atoms with van der Waals surface area (Å²) < 4.78 is 42.3. The number of hydrogen-bond acceptors (Lipinski definition) is 3. The number of guanidine groups is 1. The number of carbonyl (C=O) groups excluding carboxylic acids is 1. The third-order valence-electron chi connectivity index (χ3n) is 2.97. The van der Waals surface area contributed by atoms with E-state index >= 15 is 0 Å². The lowest BCUT2D eigenvalue weighted by Crippen LogP contribution is -2.41. The summed E-state index contributed by atoms with van der Waals surface area (Å²) in [5.41, 5.74) is 0. The summed E-state index contributed by atoms with van der Waals surface area (Å²) in [7, 11) is 1.10. The second kappa shape index (κ2) is 10.4. The normalized spacial score (nSPS) is 11.8. The molecule has 1 amide bonds. The van der Waals surface area contributed by atoms with Crippen molar-refractivity contribution < 1.29 is 22.7 Å². The average molecular weight is 360 g/mol. The Hall–Kier alpha value is -2.45. The standard InChI is InChI=1S/C16H23F3N4O2/c1-3-20-15(21-9-10-25-13-7-5-4-6-8-13)22-11-14(24)23(2)12-16(17,18)19/h4-8H,3,9-12H2,1-2H3,(H2,20,21,22). The number of nitrogens with one attached hydrogen (secondary N) is 2. The van der Waals surface area contributed by atoms with E-state index in [0.717, 1.165) is 12.8 Å². The number of aliphatic imine (C=N–C) groups is 1. The molecule has 2 N–H and O–H groups in total. The zero-order valence-corrected chi connectivity index (χ0v) is 14.3. The summed E-state index contributed by atoms with van der Waals surface area (Å²) in [6, 6.07) is 9.26. The SMILES string of the molecule is CCNC(=NCC(=O)N(C)CC(F)(F)F)NCCOc1ccccc1. The van der Waals surface area contributed by atoms with Crippen LogP contribution in [0.5, 0.6) is 5.75 Å². The van der Waals surface area contributed by atoms with Gasteiger partial charge in [0.1, 0.15) is 25.4 Å². The van der Waals surface area contributed by atoms with Crippen LogP contribution in [-0.2, 0) is 4.79 Å². The Morgan fingerprint density at radius 3 is 2.52 bits per heavy atom. The van der Waals surface area contributed by atoms with Crippen molar-refractivity contribution in [2.75, 3.05) is 39.8 Å². The molecule has 0 aliphatic heterocycles. The second-order valence-electron chi connectivity index (χ2n) is 5.15. The van der Waals surface area contributed by atoms with Gasteiger partial charge in [-0.1, -0.05) is 18.2 Å². The lowest BCUT2D eigenvalue weighted by Gasteiger charge is -2.18. The van der Waals surface area contributed by atoms with E-state index in [-0.39, 0.29) is 6.54 Å². The smallest absolute Gasteiger partial charge is 0.406 e. The van der Waals surface area contributed by atoms with E-state index in [2.05, 4.69) is 15.6 Å². The fourth-order valence-electron chi connectivity index (χ4n) is 1.82. The third-order valence-corrected chi connectivity index (χ3v) is 2.97.